The van der Waals surface area contributed by atoms with Crippen LogP contribution >= 0.6 is 11.6 Å². The number of nitrogens with one attached hydrogen (secondary N) is 1. The topological polar surface area (TPSA) is 76.7 Å². The molecule has 0 atom stereocenters. The van der Waals surface area contributed by atoms with Gasteiger partial charge in [-0.15, -0.1) is 10.2 Å². The number of rotatable bonds is 6. The molecule has 0 spiro atoms. The lowest BCUT2D eigenvalue weighted by Crippen LogP contribution is -2.06. The summed E-state index contributed by atoms with van der Waals surface area (Å²) in [4.78, 5) is 4.38. The quantitative estimate of drug-likeness (QED) is 0.595. The zero-order chi connectivity index (χ0) is 18.5. The summed E-state index contributed by atoms with van der Waals surface area (Å²) >= 11 is 5.90. The van der Waals surface area contributed by atoms with E-state index in [9.17, 15) is 0 Å². The third-order valence-corrected chi connectivity index (χ3v) is 4.80. The molecule has 2 aromatic heterocycles. The van der Waals surface area contributed by atoms with Crippen molar-refractivity contribution in [2.45, 2.75) is 32.1 Å². The Morgan fingerprint density at radius 2 is 1.93 bits per heavy atom. The first-order valence-electron chi connectivity index (χ1n) is 9.13. The molecule has 1 aliphatic rings. The van der Waals surface area contributed by atoms with Gasteiger partial charge in [0, 0.05) is 17.1 Å². The Hall–Kier alpha value is -2.73. The van der Waals surface area contributed by atoms with Crippen LogP contribution < -0.4 is 5.32 Å². The average molecular weight is 382 g/mol. The van der Waals surface area contributed by atoms with Crippen molar-refractivity contribution >= 4 is 17.4 Å². The van der Waals surface area contributed by atoms with Crippen molar-refractivity contribution < 1.29 is 4.52 Å². The first-order chi connectivity index (χ1) is 13.3. The maximum atomic E-state index is 5.90. The van der Waals surface area contributed by atoms with Crippen molar-refractivity contribution in [3.63, 3.8) is 0 Å². The largest absolute Gasteiger partial charge is 0.368 e. The van der Waals surface area contributed by atoms with Gasteiger partial charge in [0.1, 0.15) is 5.82 Å². The van der Waals surface area contributed by atoms with Crippen molar-refractivity contribution in [1.82, 2.24) is 20.3 Å². The molecule has 0 bridgehead atoms. The van der Waals surface area contributed by atoms with Crippen LogP contribution in [0, 0.1) is 0 Å². The van der Waals surface area contributed by atoms with Crippen molar-refractivity contribution in [2.24, 2.45) is 0 Å². The predicted molar refractivity (Wildman–Crippen MR) is 105 cm³/mol. The number of halogens is 1. The molecule has 0 amide bonds. The summed E-state index contributed by atoms with van der Waals surface area (Å²) in [5.41, 5.74) is 2.92. The first kappa shape index (κ1) is 17.7. The molecule has 27 heavy (non-hydrogen) atoms. The first-order valence-corrected chi connectivity index (χ1v) is 9.51. The van der Waals surface area contributed by atoms with Gasteiger partial charge in [0.05, 0.1) is 0 Å². The number of anilines is 1. The molecule has 1 aliphatic carbocycles. The summed E-state index contributed by atoms with van der Waals surface area (Å²) in [6, 6.07) is 11.0. The Kier molecular flexibility index (Phi) is 5.44. The zero-order valence-corrected chi connectivity index (χ0v) is 15.6. The fraction of sp³-hybridized carbons (Fsp3) is 0.300. The minimum absolute atomic E-state index is 0.339. The van der Waals surface area contributed by atoms with Gasteiger partial charge in [-0.1, -0.05) is 28.4 Å². The number of benzene rings is 1. The van der Waals surface area contributed by atoms with Gasteiger partial charge in [-0.3, -0.25) is 0 Å². The molecular weight excluding hydrogens is 362 g/mol. The van der Waals surface area contributed by atoms with Crippen LogP contribution in [0.4, 0.5) is 5.82 Å². The number of allylic oxidation sites excluding steroid dienone is 1. The molecule has 2 heterocycles. The number of hydrogen-bond acceptors (Lipinski definition) is 6. The molecular formula is C20H20ClN5O. The summed E-state index contributed by atoms with van der Waals surface area (Å²) < 4.78 is 5.31. The fourth-order valence-corrected chi connectivity index (χ4v) is 3.19. The van der Waals surface area contributed by atoms with E-state index in [2.05, 4.69) is 31.7 Å². The third kappa shape index (κ3) is 4.52. The molecule has 1 aromatic carbocycles. The van der Waals surface area contributed by atoms with Gasteiger partial charge in [0.25, 0.3) is 5.89 Å². The molecule has 0 unspecified atom stereocenters. The van der Waals surface area contributed by atoms with Crippen LogP contribution in [0.1, 0.15) is 32.1 Å². The van der Waals surface area contributed by atoms with Gasteiger partial charge < -0.3 is 9.84 Å². The minimum Gasteiger partial charge on any atom is -0.368 e. The molecule has 3 aromatic rings. The van der Waals surface area contributed by atoms with E-state index in [0.717, 1.165) is 24.3 Å². The van der Waals surface area contributed by atoms with Crippen molar-refractivity contribution in [3.05, 3.63) is 53.1 Å². The summed E-state index contributed by atoms with van der Waals surface area (Å²) in [7, 11) is 0. The number of hydrogen-bond donors (Lipinski definition) is 1. The second kappa shape index (κ2) is 8.31. The normalized spacial score (nSPS) is 14.0. The van der Waals surface area contributed by atoms with Gasteiger partial charge in [-0.2, -0.15) is 4.98 Å². The molecule has 4 rings (SSSR count). The highest BCUT2D eigenvalue weighted by molar-refractivity contribution is 6.30. The Bertz CT molecular complexity index is 918. The number of aromatic nitrogens is 4. The van der Waals surface area contributed by atoms with Gasteiger partial charge in [0.15, 0.2) is 5.69 Å². The molecule has 0 fully saturated rings. The van der Waals surface area contributed by atoms with E-state index >= 15 is 0 Å². The predicted octanol–water partition coefficient (Wildman–Crippen LogP) is 5.15. The van der Waals surface area contributed by atoms with E-state index in [1.807, 2.05) is 24.3 Å². The molecule has 138 valence electrons. The summed E-state index contributed by atoms with van der Waals surface area (Å²) in [6.45, 7) is 0.862. The highest BCUT2D eigenvalue weighted by Gasteiger charge is 2.12. The van der Waals surface area contributed by atoms with Crippen LogP contribution in [-0.4, -0.2) is 26.9 Å². The lowest BCUT2D eigenvalue weighted by Gasteiger charge is -2.12. The number of nitrogens with zero attached hydrogens (tertiary/aromatic N) is 4. The van der Waals surface area contributed by atoms with E-state index < -0.39 is 0 Å². The molecule has 1 N–H and O–H groups in total. The molecule has 0 saturated carbocycles. The molecule has 6 nitrogen and oxygen atoms in total. The van der Waals surface area contributed by atoms with Gasteiger partial charge in [0.2, 0.25) is 5.82 Å². The van der Waals surface area contributed by atoms with E-state index in [1.165, 1.54) is 25.7 Å². The maximum absolute atomic E-state index is 5.90. The van der Waals surface area contributed by atoms with Crippen LogP contribution in [0.5, 0.6) is 0 Å². The second-order valence-corrected chi connectivity index (χ2v) is 6.96. The minimum atomic E-state index is 0.339. The highest BCUT2D eigenvalue weighted by atomic mass is 35.5. The lowest BCUT2D eigenvalue weighted by molar-refractivity contribution is 0.430. The Morgan fingerprint density at radius 3 is 2.67 bits per heavy atom. The van der Waals surface area contributed by atoms with Gasteiger partial charge >= 0.3 is 0 Å². The van der Waals surface area contributed by atoms with Crippen LogP contribution in [0.3, 0.4) is 0 Å². The summed E-state index contributed by atoms with van der Waals surface area (Å²) in [6.07, 6.45) is 8.48. The second-order valence-electron chi connectivity index (χ2n) is 6.52. The molecule has 0 radical (unpaired) electrons. The van der Waals surface area contributed by atoms with Crippen LogP contribution in [0.25, 0.3) is 23.0 Å². The van der Waals surface area contributed by atoms with Gasteiger partial charge in [-0.05, 0) is 68.5 Å². The van der Waals surface area contributed by atoms with Crippen molar-refractivity contribution in [2.75, 3.05) is 11.9 Å². The third-order valence-electron chi connectivity index (χ3n) is 4.55. The monoisotopic (exact) mass is 381 g/mol. The van der Waals surface area contributed by atoms with Crippen LogP contribution in [0.2, 0.25) is 5.02 Å². The fourth-order valence-electron chi connectivity index (χ4n) is 3.07. The highest BCUT2D eigenvalue weighted by Crippen LogP contribution is 2.23. The Labute approximate surface area is 162 Å². The standard InChI is InChI=1S/C20H20ClN5O/c21-16-8-6-15(7-9-16)19-23-20(27-26-19)17-10-11-18(25-24-17)22-13-12-14-4-2-1-3-5-14/h4,6-11H,1-3,5,12-13H2,(H,22,25). The molecule has 0 saturated heterocycles. The molecule has 7 heteroatoms. The summed E-state index contributed by atoms with van der Waals surface area (Å²) in [5.74, 6) is 1.57. The smallest absolute Gasteiger partial charge is 0.278 e. The summed E-state index contributed by atoms with van der Waals surface area (Å²) in [5, 5.41) is 16.4. The van der Waals surface area contributed by atoms with Crippen molar-refractivity contribution in [1.29, 1.82) is 0 Å². The van der Waals surface area contributed by atoms with Gasteiger partial charge in [-0.25, -0.2) is 0 Å². The van der Waals surface area contributed by atoms with E-state index in [-0.39, 0.29) is 0 Å². The van der Waals surface area contributed by atoms with E-state index in [1.54, 1.807) is 17.7 Å². The van der Waals surface area contributed by atoms with Crippen LogP contribution in [0.15, 0.2) is 52.6 Å². The Balaban J connectivity index is 1.37. The maximum Gasteiger partial charge on any atom is 0.278 e. The van der Waals surface area contributed by atoms with E-state index in [4.69, 9.17) is 16.1 Å². The zero-order valence-electron chi connectivity index (χ0n) is 14.9. The SMILES string of the molecule is Clc1ccc(-c2noc(-c3ccc(NCCC4=CCCCC4)nn3)n2)cc1. The lowest BCUT2D eigenvalue weighted by atomic mass is 9.97. The van der Waals surface area contributed by atoms with Crippen LogP contribution in [-0.2, 0) is 0 Å². The Morgan fingerprint density at radius 1 is 1.04 bits per heavy atom. The average Bonchev–Trinajstić information content (AvgIpc) is 3.20. The van der Waals surface area contributed by atoms with Crippen molar-refractivity contribution in [3.8, 4) is 23.0 Å². The van der Waals surface area contributed by atoms with E-state index in [0.29, 0.717) is 22.4 Å². The molecule has 0 aliphatic heterocycles.